The first-order chi connectivity index (χ1) is 16.7. The van der Waals surface area contributed by atoms with Crippen LogP contribution in [-0.2, 0) is 24.1 Å². The van der Waals surface area contributed by atoms with Crippen LogP contribution in [-0.4, -0.2) is 45.2 Å². The molecule has 180 valence electrons. The molecular formula is C28H35N3O2S. The molecule has 1 aliphatic rings. The van der Waals surface area contributed by atoms with Gasteiger partial charge in [-0.25, -0.2) is 0 Å². The highest BCUT2D eigenvalue weighted by atomic mass is 32.1. The summed E-state index contributed by atoms with van der Waals surface area (Å²) in [6, 6.07) is 21.4. The maximum Gasteiger partial charge on any atom is 0.224 e. The van der Waals surface area contributed by atoms with Crippen molar-refractivity contribution in [2.75, 3.05) is 38.2 Å². The Balaban J connectivity index is 1.16. The van der Waals surface area contributed by atoms with E-state index >= 15 is 0 Å². The van der Waals surface area contributed by atoms with Crippen molar-refractivity contribution in [1.82, 2.24) is 10.6 Å². The molecule has 3 aromatic rings. The van der Waals surface area contributed by atoms with E-state index in [1.54, 1.807) is 7.11 Å². The molecule has 5 nitrogen and oxygen atoms in total. The van der Waals surface area contributed by atoms with Crippen molar-refractivity contribution in [2.24, 2.45) is 0 Å². The number of nitrogens with zero attached hydrogens (tertiary/aromatic N) is 1. The molecule has 2 N–H and O–H groups in total. The van der Waals surface area contributed by atoms with Crippen LogP contribution < -0.4 is 20.3 Å². The first kappa shape index (κ1) is 24.3. The first-order valence-corrected chi connectivity index (χ1v) is 13.1. The van der Waals surface area contributed by atoms with Crippen LogP contribution in [0.3, 0.4) is 0 Å². The number of hydrogen-bond donors (Lipinski definition) is 2. The van der Waals surface area contributed by atoms with E-state index in [0.717, 1.165) is 49.4 Å². The van der Waals surface area contributed by atoms with E-state index < -0.39 is 0 Å². The zero-order chi connectivity index (χ0) is 23.6. The lowest BCUT2D eigenvalue weighted by molar-refractivity contribution is -0.120. The molecule has 1 fully saturated rings. The number of carbonyl (C=O) groups is 1. The van der Waals surface area contributed by atoms with Crippen LogP contribution in [0.5, 0.6) is 5.75 Å². The summed E-state index contributed by atoms with van der Waals surface area (Å²) in [4.78, 5) is 16.3. The van der Waals surface area contributed by atoms with Gasteiger partial charge in [0.25, 0.3) is 0 Å². The molecule has 4 rings (SSSR count). The molecule has 6 heteroatoms. The molecule has 2 heterocycles. The second kappa shape index (κ2) is 12.6. The van der Waals surface area contributed by atoms with Crippen molar-refractivity contribution in [3.63, 3.8) is 0 Å². The summed E-state index contributed by atoms with van der Waals surface area (Å²) in [5.74, 6) is 0.919. The molecule has 0 saturated carbocycles. The third-order valence-corrected chi connectivity index (χ3v) is 7.39. The van der Waals surface area contributed by atoms with Crippen molar-refractivity contribution in [2.45, 2.75) is 38.1 Å². The molecule has 0 spiro atoms. The lowest BCUT2D eigenvalue weighted by atomic mass is 10.0. The first-order valence-electron chi connectivity index (χ1n) is 12.2. The number of hydrogen-bond acceptors (Lipinski definition) is 5. The van der Waals surface area contributed by atoms with Gasteiger partial charge in [-0.3, -0.25) is 4.79 Å². The van der Waals surface area contributed by atoms with Crippen LogP contribution >= 0.6 is 11.3 Å². The molecule has 0 atom stereocenters. The second-order valence-corrected chi connectivity index (χ2v) is 9.83. The summed E-state index contributed by atoms with van der Waals surface area (Å²) in [6.07, 6.45) is 4.62. The van der Waals surface area contributed by atoms with Gasteiger partial charge < -0.3 is 20.3 Å². The number of piperidine rings is 1. The molecule has 1 aromatic heterocycles. The average Bonchev–Trinajstić information content (AvgIpc) is 3.39. The molecule has 0 bridgehead atoms. The smallest absolute Gasteiger partial charge is 0.224 e. The van der Waals surface area contributed by atoms with Gasteiger partial charge in [0.15, 0.2) is 0 Å². The molecule has 0 radical (unpaired) electrons. The predicted molar refractivity (Wildman–Crippen MR) is 141 cm³/mol. The van der Waals surface area contributed by atoms with E-state index in [2.05, 4.69) is 57.3 Å². The van der Waals surface area contributed by atoms with Gasteiger partial charge in [0.1, 0.15) is 5.75 Å². The predicted octanol–water partition coefficient (Wildman–Crippen LogP) is 4.46. The van der Waals surface area contributed by atoms with E-state index in [1.807, 2.05) is 35.6 Å². The summed E-state index contributed by atoms with van der Waals surface area (Å²) >= 11 is 1.84. The van der Waals surface area contributed by atoms with Crippen molar-refractivity contribution in [3.8, 4) is 5.75 Å². The lowest BCUT2D eigenvalue weighted by Crippen LogP contribution is -2.43. The Labute approximate surface area is 207 Å². The van der Waals surface area contributed by atoms with Crippen LogP contribution in [0.2, 0.25) is 0 Å². The van der Waals surface area contributed by atoms with Crippen LogP contribution in [0.4, 0.5) is 5.69 Å². The Kier molecular flexibility index (Phi) is 8.99. The fourth-order valence-corrected chi connectivity index (χ4v) is 5.22. The van der Waals surface area contributed by atoms with Crippen molar-refractivity contribution in [3.05, 3.63) is 82.0 Å². The zero-order valence-corrected chi connectivity index (χ0v) is 20.8. The third kappa shape index (κ3) is 7.08. The van der Waals surface area contributed by atoms with Gasteiger partial charge in [0, 0.05) is 42.8 Å². The molecular weight excluding hydrogens is 442 g/mol. The molecule has 1 saturated heterocycles. The van der Waals surface area contributed by atoms with Crippen molar-refractivity contribution >= 4 is 22.9 Å². The monoisotopic (exact) mass is 477 g/mol. The molecule has 1 aliphatic heterocycles. The van der Waals surface area contributed by atoms with Crippen LogP contribution in [0.25, 0.3) is 0 Å². The maximum atomic E-state index is 12.4. The second-order valence-electron chi connectivity index (χ2n) is 8.80. The topological polar surface area (TPSA) is 53.6 Å². The van der Waals surface area contributed by atoms with Crippen molar-refractivity contribution < 1.29 is 9.53 Å². The van der Waals surface area contributed by atoms with Crippen LogP contribution in [0, 0.1) is 0 Å². The number of anilines is 1. The van der Waals surface area contributed by atoms with E-state index in [4.69, 9.17) is 4.74 Å². The van der Waals surface area contributed by atoms with Gasteiger partial charge in [-0.05, 0) is 66.5 Å². The minimum atomic E-state index is 0.0529. The zero-order valence-electron chi connectivity index (χ0n) is 20.0. The molecule has 2 aromatic carbocycles. The number of para-hydroxylation sites is 1. The quantitative estimate of drug-likeness (QED) is 0.428. The molecule has 0 unspecified atom stereocenters. The highest BCUT2D eigenvalue weighted by Crippen LogP contribution is 2.21. The maximum absolute atomic E-state index is 12.4. The largest absolute Gasteiger partial charge is 0.496 e. The Morgan fingerprint density at radius 3 is 2.53 bits per heavy atom. The normalized spacial score (nSPS) is 14.2. The summed E-state index contributed by atoms with van der Waals surface area (Å²) in [7, 11) is 1.67. The highest BCUT2D eigenvalue weighted by molar-refractivity contribution is 7.09. The fraction of sp³-hybridized carbons (Fsp3) is 0.393. The van der Waals surface area contributed by atoms with Crippen molar-refractivity contribution in [1.29, 1.82) is 0 Å². The molecule has 34 heavy (non-hydrogen) atoms. The number of ether oxygens (including phenoxy) is 1. The molecule has 0 aliphatic carbocycles. The standard InChI is InChI=1S/C28H35N3O2S/c1-33-27-7-3-2-5-23(27)12-16-30-28(32)21-22-8-10-25(11-9-22)31-18-14-24(15-19-31)29-17-13-26-6-4-20-34-26/h2-11,20,24,29H,12-19,21H2,1H3,(H,30,32). The number of carbonyl (C=O) groups excluding carboxylic acids is 1. The average molecular weight is 478 g/mol. The number of nitrogens with one attached hydrogen (secondary N) is 2. The van der Waals surface area contributed by atoms with E-state index in [1.165, 1.54) is 23.4 Å². The number of thiophene rings is 1. The van der Waals surface area contributed by atoms with Gasteiger partial charge in [-0.1, -0.05) is 36.4 Å². The van der Waals surface area contributed by atoms with E-state index in [9.17, 15) is 4.79 Å². The minimum Gasteiger partial charge on any atom is -0.496 e. The van der Waals surface area contributed by atoms with Gasteiger partial charge in [-0.15, -0.1) is 11.3 Å². The SMILES string of the molecule is COc1ccccc1CCNC(=O)Cc1ccc(N2CCC(NCCc3cccs3)CC2)cc1. The number of amides is 1. The highest BCUT2D eigenvalue weighted by Gasteiger charge is 2.19. The number of rotatable bonds is 11. The number of benzene rings is 2. The lowest BCUT2D eigenvalue weighted by Gasteiger charge is -2.34. The Bertz CT molecular complexity index is 1010. The van der Waals surface area contributed by atoms with E-state index in [0.29, 0.717) is 19.0 Å². The summed E-state index contributed by atoms with van der Waals surface area (Å²) < 4.78 is 5.38. The third-order valence-electron chi connectivity index (χ3n) is 6.45. The van der Waals surface area contributed by atoms with Crippen LogP contribution in [0.15, 0.2) is 66.0 Å². The Morgan fingerprint density at radius 1 is 1.00 bits per heavy atom. The number of methoxy groups -OCH3 is 1. The summed E-state index contributed by atoms with van der Waals surface area (Å²) in [5.41, 5.74) is 3.40. The molecule has 1 amide bonds. The summed E-state index contributed by atoms with van der Waals surface area (Å²) in [6.45, 7) is 3.80. The van der Waals surface area contributed by atoms with Gasteiger partial charge in [0.2, 0.25) is 5.91 Å². The Hall–Kier alpha value is -2.83. The fourth-order valence-electron chi connectivity index (χ4n) is 4.51. The van der Waals surface area contributed by atoms with E-state index in [-0.39, 0.29) is 5.91 Å². The Morgan fingerprint density at radius 2 is 1.79 bits per heavy atom. The van der Waals surface area contributed by atoms with Gasteiger partial charge >= 0.3 is 0 Å². The van der Waals surface area contributed by atoms with Gasteiger partial charge in [0.05, 0.1) is 13.5 Å². The van der Waals surface area contributed by atoms with Crippen LogP contribution in [0.1, 0.15) is 28.8 Å². The summed E-state index contributed by atoms with van der Waals surface area (Å²) in [5, 5.41) is 8.90. The minimum absolute atomic E-state index is 0.0529. The van der Waals surface area contributed by atoms with Gasteiger partial charge in [-0.2, -0.15) is 0 Å².